The molecule has 0 unspecified atom stereocenters. The first-order valence-electron chi connectivity index (χ1n) is 5.62. The number of thiophene rings is 1. The first-order valence-corrected chi connectivity index (χ1v) is 6.56. The Morgan fingerprint density at radius 1 is 1.33 bits per heavy atom. The van der Waals surface area contributed by atoms with E-state index < -0.39 is 0 Å². The number of para-hydroxylation sites is 1. The van der Waals surface area contributed by atoms with Crippen molar-refractivity contribution >= 4 is 23.0 Å². The highest BCUT2D eigenvalue weighted by molar-refractivity contribution is 7.07. The van der Waals surface area contributed by atoms with Gasteiger partial charge in [-0.3, -0.25) is 0 Å². The first kappa shape index (κ1) is 12.6. The van der Waals surface area contributed by atoms with Crippen LogP contribution in [-0.2, 0) is 11.3 Å². The number of hydrogen-bond donors (Lipinski definition) is 0. The van der Waals surface area contributed by atoms with E-state index in [4.69, 9.17) is 4.74 Å². The average molecular weight is 261 g/mol. The molecular formula is C14H15NO2S. The van der Waals surface area contributed by atoms with Gasteiger partial charge in [0.15, 0.2) is 0 Å². The van der Waals surface area contributed by atoms with Crippen molar-refractivity contribution in [3.05, 3.63) is 52.2 Å². The molecule has 0 saturated carbocycles. The third-order valence-electron chi connectivity index (χ3n) is 2.72. The van der Waals surface area contributed by atoms with Gasteiger partial charge in [0.2, 0.25) is 0 Å². The number of esters is 1. The maximum absolute atomic E-state index is 11.7. The zero-order valence-electron chi connectivity index (χ0n) is 10.4. The van der Waals surface area contributed by atoms with Gasteiger partial charge in [0.05, 0.1) is 18.4 Å². The summed E-state index contributed by atoms with van der Waals surface area (Å²) in [5.74, 6) is -0.303. The molecule has 1 aromatic heterocycles. The Kier molecular flexibility index (Phi) is 3.99. The summed E-state index contributed by atoms with van der Waals surface area (Å²) in [5.41, 5.74) is 2.72. The van der Waals surface area contributed by atoms with Gasteiger partial charge in [0.1, 0.15) is 0 Å². The number of methoxy groups -OCH3 is 1. The zero-order valence-corrected chi connectivity index (χ0v) is 11.2. The monoisotopic (exact) mass is 261 g/mol. The summed E-state index contributed by atoms with van der Waals surface area (Å²) in [6.07, 6.45) is 0. The van der Waals surface area contributed by atoms with Crippen molar-refractivity contribution in [3.8, 4) is 0 Å². The van der Waals surface area contributed by atoms with Gasteiger partial charge in [0.25, 0.3) is 0 Å². The lowest BCUT2D eigenvalue weighted by Crippen LogP contribution is -2.19. The molecule has 3 nitrogen and oxygen atoms in total. The molecule has 0 amide bonds. The van der Waals surface area contributed by atoms with Crippen molar-refractivity contribution in [1.29, 1.82) is 0 Å². The standard InChI is InChI=1S/C14H15NO2S/c1-15(9-11-7-8-18-10-11)13-6-4-3-5-12(13)14(16)17-2/h3-8,10H,9H2,1-2H3. The van der Waals surface area contributed by atoms with E-state index in [2.05, 4.69) is 16.8 Å². The Hall–Kier alpha value is -1.81. The zero-order chi connectivity index (χ0) is 13.0. The van der Waals surface area contributed by atoms with Crippen LogP contribution in [0.3, 0.4) is 0 Å². The van der Waals surface area contributed by atoms with Crippen molar-refractivity contribution in [2.24, 2.45) is 0 Å². The summed E-state index contributed by atoms with van der Waals surface area (Å²) >= 11 is 1.67. The lowest BCUT2D eigenvalue weighted by atomic mass is 10.1. The van der Waals surface area contributed by atoms with Crippen LogP contribution in [0.15, 0.2) is 41.1 Å². The Labute approximate surface area is 111 Å². The molecule has 0 bridgehead atoms. The highest BCUT2D eigenvalue weighted by Crippen LogP contribution is 2.22. The average Bonchev–Trinajstić information content (AvgIpc) is 2.90. The highest BCUT2D eigenvalue weighted by atomic mass is 32.1. The van der Waals surface area contributed by atoms with Gasteiger partial charge in [-0.25, -0.2) is 4.79 Å². The van der Waals surface area contributed by atoms with Crippen LogP contribution in [0.5, 0.6) is 0 Å². The molecule has 1 aromatic carbocycles. The maximum atomic E-state index is 11.7. The molecule has 2 aromatic rings. The minimum atomic E-state index is -0.303. The Bertz CT molecular complexity index is 522. The van der Waals surface area contributed by atoms with Crippen LogP contribution in [0.4, 0.5) is 5.69 Å². The lowest BCUT2D eigenvalue weighted by molar-refractivity contribution is 0.0601. The molecule has 4 heteroatoms. The minimum absolute atomic E-state index is 0.303. The van der Waals surface area contributed by atoms with E-state index in [1.807, 2.05) is 30.1 Å². The number of anilines is 1. The van der Waals surface area contributed by atoms with Crippen molar-refractivity contribution in [2.75, 3.05) is 19.1 Å². The third kappa shape index (κ3) is 2.71. The number of hydrogen-bond acceptors (Lipinski definition) is 4. The van der Waals surface area contributed by atoms with Crippen LogP contribution in [-0.4, -0.2) is 20.1 Å². The van der Waals surface area contributed by atoms with Crippen molar-refractivity contribution < 1.29 is 9.53 Å². The fourth-order valence-electron chi connectivity index (χ4n) is 1.83. The summed E-state index contributed by atoms with van der Waals surface area (Å²) in [6, 6.07) is 9.56. The topological polar surface area (TPSA) is 29.5 Å². The molecular weight excluding hydrogens is 246 g/mol. The first-order chi connectivity index (χ1) is 8.72. The molecule has 0 fully saturated rings. The van der Waals surface area contributed by atoms with E-state index in [-0.39, 0.29) is 5.97 Å². The van der Waals surface area contributed by atoms with E-state index in [9.17, 15) is 4.79 Å². The Morgan fingerprint density at radius 3 is 2.78 bits per heavy atom. The van der Waals surface area contributed by atoms with Gasteiger partial charge in [-0.2, -0.15) is 11.3 Å². The van der Waals surface area contributed by atoms with Gasteiger partial charge in [-0.15, -0.1) is 0 Å². The molecule has 94 valence electrons. The van der Waals surface area contributed by atoms with Gasteiger partial charge < -0.3 is 9.64 Å². The largest absolute Gasteiger partial charge is 0.465 e. The van der Waals surface area contributed by atoms with Crippen molar-refractivity contribution in [2.45, 2.75) is 6.54 Å². The molecule has 1 heterocycles. The summed E-state index contributed by atoms with van der Waals surface area (Å²) < 4.78 is 4.80. The number of carbonyl (C=O) groups is 1. The van der Waals surface area contributed by atoms with E-state index >= 15 is 0 Å². The van der Waals surface area contributed by atoms with Gasteiger partial charge in [-0.05, 0) is 34.5 Å². The van der Waals surface area contributed by atoms with Gasteiger partial charge in [-0.1, -0.05) is 12.1 Å². The summed E-state index contributed by atoms with van der Waals surface area (Å²) in [4.78, 5) is 13.7. The van der Waals surface area contributed by atoms with Crippen LogP contribution in [0.25, 0.3) is 0 Å². The minimum Gasteiger partial charge on any atom is -0.465 e. The SMILES string of the molecule is COC(=O)c1ccccc1N(C)Cc1ccsc1. The smallest absolute Gasteiger partial charge is 0.339 e. The molecule has 0 N–H and O–H groups in total. The summed E-state index contributed by atoms with van der Waals surface area (Å²) in [7, 11) is 3.37. The molecule has 0 aliphatic rings. The number of benzene rings is 1. The molecule has 0 aliphatic carbocycles. The normalized spacial score (nSPS) is 10.1. The van der Waals surface area contributed by atoms with Crippen LogP contribution < -0.4 is 4.90 Å². The predicted octanol–water partition coefficient (Wildman–Crippen LogP) is 3.17. The van der Waals surface area contributed by atoms with Crippen LogP contribution in [0, 0.1) is 0 Å². The predicted molar refractivity (Wildman–Crippen MR) is 74.2 cm³/mol. The third-order valence-corrected chi connectivity index (χ3v) is 3.45. The van der Waals surface area contributed by atoms with Crippen LogP contribution >= 0.6 is 11.3 Å². The molecule has 0 aliphatic heterocycles. The van der Waals surface area contributed by atoms with E-state index in [0.29, 0.717) is 5.56 Å². The van der Waals surface area contributed by atoms with Gasteiger partial charge in [0, 0.05) is 13.6 Å². The quantitative estimate of drug-likeness (QED) is 0.792. The van der Waals surface area contributed by atoms with Crippen molar-refractivity contribution in [1.82, 2.24) is 0 Å². The molecule has 0 saturated heterocycles. The molecule has 18 heavy (non-hydrogen) atoms. The lowest BCUT2D eigenvalue weighted by Gasteiger charge is -2.21. The van der Waals surface area contributed by atoms with Gasteiger partial charge >= 0.3 is 5.97 Å². The fourth-order valence-corrected chi connectivity index (χ4v) is 2.49. The summed E-state index contributed by atoms with van der Waals surface area (Å²) in [6.45, 7) is 0.775. The second kappa shape index (κ2) is 5.69. The Balaban J connectivity index is 2.24. The summed E-state index contributed by atoms with van der Waals surface area (Å²) in [5, 5.41) is 4.16. The fraction of sp³-hybridized carbons (Fsp3) is 0.214. The number of nitrogens with zero attached hydrogens (tertiary/aromatic N) is 1. The van der Waals surface area contributed by atoms with Crippen LogP contribution in [0.1, 0.15) is 15.9 Å². The number of rotatable bonds is 4. The molecule has 2 rings (SSSR count). The van der Waals surface area contributed by atoms with E-state index in [1.54, 1.807) is 17.4 Å². The van der Waals surface area contributed by atoms with E-state index in [1.165, 1.54) is 12.7 Å². The highest BCUT2D eigenvalue weighted by Gasteiger charge is 2.14. The van der Waals surface area contributed by atoms with Crippen LogP contribution in [0.2, 0.25) is 0 Å². The molecule has 0 atom stereocenters. The number of carbonyl (C=O) groups excluding carboxylic acids is 1. The second-order valence-corrected chi connectivity index (χ2v) is 4.78. The number of ether oxygens (including phenoxy) is 1. The second-order valence-electron chi connectivity index (χ2n) is 4.00. The molecule has 0 radical (unpaired) electrons. The molecule has 0 spiro atoms. The van der Waals surface area contributed by atoms with Crippen molar-refractivity contribution in [3.63, 3.8) is 0 Å². The van der Waals surface area contributed by atoms with E-state index in [0.717, 1.165) is 12.2 Å². The Morgan fingerprint density at radius 2 is 2.11 bits per heavy atom. The maximum Gasteiger partial charge on any atom is 0.339 e.